The van der Waals surface area contributed by atoms with E-state index in [1.807, 2.05) is 41.5 Å². The first-order valence-electron chi connectivity index (χ1n) is 8.27. The molecular formula is C17H37NO. The fourth-order valence-electron chi connectivity index (χ4n) is 3.46. The largest absolute Gasteiger partial charge is 0.356 e. The molecule has 3 fully saturated rings. The highest BCUT2D eigenvalue weighted by atomic mass is 16.1. The van der Waals surface area contributed by atoms with Gasteiger partial charge >= 0.3 is 0 Å². The van der Waals surface area contributed by atoms with Gasteiger partial charge < -0.3 is 5.32 Å². The highest BCUT2D eigenvalue weighted by Crippen LogP contribution is 2.61. The number of nitrogens with one attached hydrogen (secondary N) is 1. The predicted octanol–water partition coefficient (Wildman–Crippen LogP) is 4.88. The summed E-state index contributed by atoms with van der Waals surface area (Å²) in [5.74, 6) is 2.32. The Bertz CT molecular complexity index is 225. The van der Waals surface area contributed by atoms with E-state index in [9.17, 15) is 4.79 Å². The van der Waals surface area contributed by atoms with E-state index in [1.165, 1.54) is 12.8 Å². The van der Waals surface area contributed by atoms with E-state index in [0.717, 1.165) is 18.2 Å². The average molecular weight is 271 g/mol. The Labute approximate surface area is 121 Å². The summed E-state index contributed by atoms with van der Waals surface area (Å²) in [5, 5.41) is 2.95. The zero-order valence-electron chi connectivity index (χ0n) is 14.7. The van der Waals surface area contributed by atoms with Crippen molar-refractivity contribution in [2.24, 2.45) is 23.2 Å². The fourth-order valence-corrected chi connectivity index (χ4v) is 3.46. The lowest BCUT2D eigenvalue weighted by Crippen LogP contribution is -2.59. The van der Waals surface area contributed by atoms with Crippen LogP contribution in [0.4, 0.5) is 0 Å². The van der Waals surface area contributed by atoms with Crippen molar-refractivity contribution in [1.82, 2.24) is 5.32 Å². The minimum atomic E-state index is 0.439. The summed E-state index contributed by atoms with van der Waals surface area (Å²) in [5.41, 5.74) is 0.528. The van der Waals surface area contributed by atoms with Crippen LogP contribution in [0.2, 0.25) is 0 Å². The van der Waals surface area contributed by atoms with E-state index in [2.05, 4.69) is 26.1 Å². The third-order valence-electron chi connectivity index (χ3n) is 4.64. The number of carbonyl (C=O) groups excluding carboxylic acids is 1. The van der Waals surface area contributed by atoms with Crippen molar-refractivity contribution in [2.75, 3.05) is 0 Å². The van der Waals surface area contributed by atoms with Crippen molar-refractivity contribution in [3.63, 3.8) is 0 Å². The first-order chi connectivity index (χ1) is 9.07. The van der Waals surface area contributed by atoms with Gasteiger partial charge in [-0.15, -0.1) is 0 Å². The molecule has 0 radical (unpaired) electrons. The highest BCUT2D eigenvalue weighted by Gasteiger charge is 2.56. The molecule has 0 unspecified atom stereocenters. The summed E-state index contributed by atoms with van der Waals surface area (Å²) in [6, 6.07) is 0.439. The van der Waals surface area contributed by atoms with Crippen LogP contribution >= 0.6 is 0 Å². The predicted molar refractivity (Wildman–Crippen MR) is 86.2 cm³/mol. The zero-order chi connectivity index (χ0) is 15.6. The second kappa shape index (κ2) is 10.3. The summed E-state index contributed by atoms with van der Waals surface area (Å²) in [6.45, 7) is 19.0. The number of hydrogen-bond acceptors (Lipinski definition) is 1. The molecule has 3 aliphatic rings. The first kappa shape index (κ1) is 20.8. The van der Waals surface area contributed by atoms with Gasteiger partial charge in [-0.05, 0) is 36.0 Å². The molecular weight excluding hydrogens is 234 g/mol. The van der Waals surface area contributed by atoms with Crippen LogP contribution in [0.25, 0.3) is 0 Å². The van der Waals surface area contributed by atoms with Crippen LogP contribution in [-0.2, 0) is 4.79 Å². The van der Waals surface area contributed by atoms with Gasteiger partial charge in [0, 0.05) is 6.04 Å². The van der Waals surface area contributed by atoms with E-state index in [4.69, 9.17) is 0 Å². The molecule has 3 rings (SSSR count). The maximum absolute atomic E-state index is 10.4. The van der Waals surface area contributed by atoms with Gasteiger partial charge in [0.05, 0.1) is 0 Å². The normalized spacial score (nSPS) is 32.7. The minimum Gasteiger partial charge on any atom is -0.356 e. The SMILES string of the molecule is CC.CC.CC.C[C@@H]1[C@@H](NC=O)C[C@H]2C[C@@H]1C2(C)C. The first-order valence-corrected chi connectivity index (χ1v) is 8.27. The van der Waals surface area contributed by atoms with Crippen LogP contribution in [0, 0.1) is 23.2 Å². The molecule has 1 amide bonds. The van der Waals surface area contributed by atoms with Gasteiger partial charge in [-0.2, -0.15) is 0 Å². The van der Waals surface area contributed by atoms with Gasteiger partial charge in [0.15, 0.2) is 0 Å². The van der Waals surface area contributed by atoms with E-state index in [0.29, 0.717) is 17.4 Å². The molecule has 2 nitrogen and oxygen atoms in total. The average Bonchev–Trinajstić information content (AvgIpc) is 2.47. The molecule has 3 saturated carbocycles. The molecule has 0 heterocycles. The van der Waals surface area contributed by atoms with Gasteiger partial charge in [-0.1, -0.05) is 62.3 Å². The van der Waals surface area contributed by atoms with Gasteiger partial charge in [-0.3, -0.25) is 4.79 Å². The van der Waals surface area contributed by atoms with Gasteiger partial charge in [0.2, 0.25) is 6.41 Å². The van der Waals surface area contributed by atoms with Crippen molar-refractivity contribution in [3.8, 4) is 0 Å². The summed E-state index contributed by atoms with van der Waals surface area (Å²) in [4.78, 5) is 10.4. The van der Waals surface area contributed by atoms with Crippen molar-refractivity contribution in [1.29, 1.82) is 0 Å². The molecule has 0 aromatic heterocycles. The quantitative estimate of drug-likeness (QED) is 0.712. The maximum atomic E-state index is 10.4. The standard InChI is InChI=1S/C11H19NO.3C2H6/c1-7-9-4-8(11(9,2)3)5-10(7)12-6-13;3*1-2/h6-10H,4-5H2,1-3H3,(H,12,13);3*1-2H3/t7-,8+,9-,10-;;;/m0.../s1. The van der Waals surface area contributed by atoms with Gasteiger partial charge in [0.1, 0.15) is 0 Å². The fraction of sp³-hybridized carbons (Fsp3) is 0.941. The van der Waals surface area contributed by atoms with Crippen LogP contribution in [0.1, 0.15) is 75.2 Å². The van der Waals surface area contributed by atoms with Crippen LogP contribution in [0.5, 0.6) is 0 Å². The van der Waals surface area contributed by atoms with E-state index >= 15 is 0 Å². The molecule has 19 heavy (non-hydrogen) atoms. The third kappa shape index (κ3) is 4.50. The van der Waals surface area contributed by atoms with Crippen molar-refractivity contribution < 1.29 is 4.79 Å². The molecule has 2 bridgehead atoms. The molecule has 1 N–H and O–H groups in total. The Morgan fingerprint density at radius 3 is 1.79 bits per heavy atom. The topological polar surface area (TPSA) is 29.1 Å². The smallest absolute Gasteiger partial charge is 0.207 e. The number of rotatable bonds is 2. The highest BCUT2D eigenvalue weighted by molar-refractivity contribution is 5.47. The molecule has 2 heteroatoms. The van der Waals surface area contributed by atoms with E-state index < -0.39 is 0 Å². The molecule has 0 aliphatic heterocycles. The second-order valence-electron chi connectivity index (χ2n) is 5.35. The molecule has 116 valence electrons. The molecule has 0 spiro atoms. The maximum Gasteiger partial charge on any atom is 0.207 e. The summed E-state index contributed by atoms with van der Waals surface area (Å²) >= 11 is 0. The Hall–Kier alpha value is -0.530. The molecule has 0 aromatic rings. The summed E-state index contributed by atoms with van der Waals surface area (Å²) in [7, 11) is 0. The van der Waals surface area contributed by atoms with Crippen LogP contribution in [0.15, 0.2) is 0 Å². The summed E-state index contributed by atoms with van der Waals surface area (Å²) in [6.07, 6.45) is 3.42. The number of hydrogen-bond donors (Lipinski definition) is 1. The van der Waals surface area contributed by atoms with Gasteiger partial charge in [-0.25, -0.2) is 0 Å². The van der Waals surface area contributed by atoms with E-state index in [1.54, 1.807) is 0 Å². The monoisotopic (exact) mass is 271 g/mol. The van der Waals surface area contributed by atoms with Crippen LogP contribution in [0.3, 0.4) is 0 Å². The van der Waals surface area contributed by atoms with Crippen molar-refractivity contribution >= 4 is 6.41 Å². The molecule has 0 aromatic carbocycles. The lowest BCUT2D eigenvalue weighted by atomic mass is 9.45. The van der Waals surface area contributed by atoms with Crippen LogP contribution in [-0.4, -0.2) is 12.5 Å². The molecule has 4 atom stereocenters. The second-order valence-corrected chi connectivity index (χ2v) is 5.35. The lowest BCUT2D eigenvalue weighted by molar-refractivity contribution is -0.125. The third-order valence-corrected chi connectivity index (χ3v) is 4.64. The minimum absolute atomic E-state index is 0.439. The van der Waals surface area contributed by atoms with E-state index in [-0.39, 0.29) is 0 Å². The number of amides is 1. The number of carbonyl (C=O) groups is 1. The van der Waals surface area contributed by atoms with Gasteiger partial charge in [0.25, 0.3) is 0 Å². The Balaban J connectivity index is 0. The Kier molecular flexibility index (Phi) is 11.2. The Morgan fingerprint density at radius 1 is 1.00 bits per heavy atom. The molecule has 3 aliphatic carbocycles. The summed E-state index contributed by atoms with van der Waals surface area (Å²) < 4.78 is 0. The van der Waals surface area contributed by atoms with Crippen LogP contribution < -0.4 is 5.32 Å². The van der Waals surface area contributed by atoms with Crippen molar-refractivity contribution in [3.05, 3.63) is 0 Å². The zero-order valence-corrected chi connectivity index (χ0v) is 14.7. The Morgan fingerprint density at radius 2 is 1.47 bits per heavy atom. The number of fused-ring (bicyclic) bond motifs is 2. The lowest BCUT2D eigenvalue weighted by Gasteiger charge is -2.61. The molecule has 0 saturated heterocycles. The van der Waals surface area contributed by atoms with Crippen molar-refractivity contribution in [2.45, 2.75) is 81.2 Å².